The highest BCUT2D eigenvalue weighted by Crippen LogP contribution is 2.36. The molecule has 0 aliphatic carbocycles. The fourth-order valence-corrected chi connectivity index (χ4v) is 5.28. The van der Waals surface area contributed by atoms with Gasteiger partial charge in [-0.05, 0) is 72.5 Å². The number of rotatable bonds is 4. The molecule has 0 bridgehead atoms. The lowest BCUT2D eigenvalue weighted by Gasteiger charge is -2.14. The van der Waals surface area contributed by atoms with Crippen LogP contribution in [0.15, 0.2) is 82.6 Å². The van der Waals surface area contributed by atoms with E-state index in [9.17, 15) is 25.9 Å². The molecule has 5 aromatic rings. The zero-order valence-corrected chi connectivity index (χ0v) is 20.8. The van der Waals surface area contributed by atoms with E-state index >= 15 is 0 Å². The summed E-state index contributed by atoms with van der Waals surface area (Å²) in [6, 6.07) is 19.6. The van der Waals surface area contributed by atoms with Gasteiger partial charge in [-0.1, -0.05) is 36.4 Å². The minimum absolute atomic E-state index is 0.186. The summed E-state index contributed by atoms with van der Waals surface area (Å²) in [5.74, 6) is 0. The predicted molar refractivity (Wildman–Crippen MR) is 137 cm³/mol. The third-order valence-corrected chi connectivity index (χ3v) is 7.68. The lowest BCUT2D eigenvalue weighted by atomic mass is 9.95. The maximum absolute atomic E-state index is 11.4. The summed E-state index contributed by atoms with van der Waals surface area (Å²) in [5, 5.41) is 1.64. The van der Waals surface area contributed by atoms with E-state index in [1.54, 1.807) is 24.3 Å². The van der Waals surface area contributed by atoms with Crippen LogP contribution in [-0.2, 0) is 20.2 Å². The quantitative estimate of drug-likeness (QED) is 0.243. The summed E-state index contributed by atoms with van der Waals surface area (Å²) in [6.45, 7) is 3.72. The maximum atomic E-state index is 11.4. The van der Waals surface area contributed by atoms with Crippen molar-refractivity contribution >= 4 is 42.0 Å². The summed E-state index contributed by atoms with van der Waals surface area (Å²) in [6.07, 6.45) is 0. The number of aromatic nitrogens is 2. The molecule has 5 rings (SSSR count). The molecule has 0 aliphatic heterocycles. The van der Waals surface area contributed by atoms with Gasteiger partial charge in [0.15, 0.2) is 0 Å². The van der Waals surface area contributed by atoms with Crippen LogP contribution in [0.25, 0.3) is 44.1 Å². The molecule has 0 atom stereocenters. The molecule has 0 unspecified atom stereocenters. The van der Waals surface area contributed by atoms with Crippen LogP contribution in [-0.4, -0.2) is 35.9 Å². The predicted octanol–water partition coefficient (Wildman–Crippen LogP) is 5.23. The van der Waals surface area contributed by atoms with E-state index in [2.05, 4.69) is 0 Å². The van der Waals surface area contributed by atoms with E-state index in [1.807, 2.05) is 38.1 Å². The number of fused-ring (bicyclic) bond motifs is 3. The van der Waals surface area contributed by atoms with Gasteiger partial charge in [0.25, 0.3) is 20.2 Å². The number of benzene rings is 3. The summed E-state index contributed by atoms with van der Waals surface area (Å²) in [7, 11) is -8.60. The average Bonchev–Trinajstić information content (AvgIpc) is 2.82. The molecular formula is C26H20N2O6S2. The van der Waals surface area contributed by atoms with Crippen LogP contribution in [0.2, 0.25) is 0 Å². The first kappa shape index (κ1) is 24.0. The molecule has 0 saturated heterocycles. The number of nitrogens with zero attached hydrogens (tertiary/aromatic N) is 2. The summed E-state index contributed by atoms with van der Waals surface area (Å²) in [4.78, 5) is 9.14. The average molecular weight is 521 g/mol. The van der Waals surface area contributed by atoms with Crippen LogP contribution in [0, 0.1) is 13.8 Å². The van der Waals surface area contributed by atoms with Crippen LogP contribution in [0.5, 0.6) is 0 Å². The summed E-state index contributed by atoms with van der Waals surface area (Å²) < 4.78 is 64.3. The van der Waals surface area contributed by atoms with Gasteiger partial charge in [0, 0.05) is 22.2 Å². The van der Waals surface area contributed by atoms with Crippen molar-refractivity contribution in [2.24, 2.45) is 0 Å². The van der Waals surface area contributed by atoms with Gasteiger partial charge in [-0.2, -0.15) is 16.8 Å². The maximum Gasteiger partial charge on any atom is 0.294 e. The molecule has 2 N–H and O–H groups in total. The Balaban J connectivity index is 1.74. The molecule has 182 valence electrons. The minimum atomic E-state index is -4.30. The lowest BCUT2D eigenvalue weighted by Crippen LogP contribution is -1.98. The van der Waals surface area contributed by atoms with Gasteiger partial charge < -0.3 is 0 Å². The zero-order chi connectivity index (χ0) is 25.8. The third-order valence-electron chi connectivity index (χ3n) is 5.94. The van der Waals surface area contributed by atoms with Crippen LogP contribution < -0.4 is 0 Å². The van der Waals surface area contributed by atoms with Gasteiger partial charge in [-0.15, -0.1) is 0 Å². The van der Waals surface area contributed by atoms with Crippen molar-refractivity contribution < 1.29 is 25.9 Å². The number of hydrogen-bond acceptors (Lipinski definition) is 6. The smallest absolute Gasteiger partial charge is 0.282 e. The van der Waals surface area contributed by atoms with Crippen molar-refractivity contribution in [2.75, 3.05) is 0 Å². The Hall–Kier alpha value is -3.70. The van der Waals surface area contributed by atoms with Crippen LogP contribution in [0.4, 0.5) is 0 Å². The standard InChI is InChI=1S/C26H20N2O6S2/c1-15-13-23(17-3-7-19(8-4-17)35(29,30)31)21-11-12-22-24(14-16(2)28-26(22)25(21)27-15)18-5-9-20(10-6-18)36(32,33)34/h3-14H,1-2H3,(H,29,30,31)(H,32,33,34). The highest BCUT2D eigenvalue weighted by atomic mass is 32.2. The van der Waals surface area contributed by atoms with E-state index in [0.717, 1.165) is 44.4 Å². The minimum Gasteiger partial charge on any atom is -0.282 e. The second-order valence-electron chi connectivity index (χ2n) is 8.48. The normalized spacial score (nSPS) is 12.3. The topological polar surface area (TPSA) is 135 Å². The first-order valence-electron chi connectivity index (χ1n) is 10.8. The highest BCUT2D eigenvalue weighted by molar-refractivity contribution is 7.86. The monoisotopic (exact) mass is 520 g/mol. The number of aryl methyl sites for hydroxylation is 2. The van der Waals surface area contributed by atoms with Gasteiger partial charge in [0.05, 0.1) is 20.8 Å². The molecule has 10 heteroatoms. The third kappa shape index (κ3) is 4.35. The van der Waals surface area contributed by atoms with Crippen molar-refractivity contribution in [3.63, 3.8) is 0 Å². The molecule has 0 fully saturated rings. The molecule has 0 radical (unpaired) electrons. The second-order valence-corrected chi connectivity index (χ2v) is 11.3. The van der Waals surface area contributed by atoms with Crippen molar-refractivity contribution in [1.29, 1.82) is 0 Å². The zero-order valence-electron chi connectivity index (χ0n) is 19.2. The van der Waals surface area contributed by atoms with Crippen LogP contribution in [0.3, 0.4) is 0 Å². The molecule has 2 aromatic heterocycles. The molecule has 0 amide bonds. The van der Waals surface area contributed by atoms with Gasteiger partial charge >= 0.3 is 0 Å². The highest BCUT2D eigenvalue weighted by Gasteiger charge is 2.16. The Morgan fingerprint density at radius 1 is 0.556 bits per heavy atom. The van der Waals surface area contributed by atoms with Gasteiger partial charge in [-0.25, -0.2) is 0 Å². The first-order valence-corrected chi connectivity index (χ1v) is 13.7. The Kier molecular flexibility index (Phi) is 5.64. The molecule has 0 saturated carbocycles. The summed E-state index contributed by atoms with van der Waals surface area (Å²) in [5.41, 5.74) is 6.00. The SMILES string of the molecule is Cc1cc(-c2ccc(S(=O)(=O)O)cc2)c2ccc3c(-c4ccc(S(=O)(=O)O)cc4)cc(C)nc3c2n1. The summed E-state index contributed by atoms with van der Waals surface area (Å²) >= 11 is 0. The second kappa shape index (κ2) is 8.45. The fraction of sp³-hybridized carbons (Fsp3) is 0.0769. The van der Waals surface area contributed by atoms with Gasteiger partial charge in [0.1, 0.15) is 0 Å². The van der Waals surface area contributed by atoms with Crippen molar-refractivity contribution in [3.8, 4) is 22.3 Å². The van der Waals surface area contributed by atoms with Crippen LogP contribution >= 0.6 is 0 Å². The van der Waals surface area contributed by atoms with E-state index in [4.69, 9.17) is 9.97 Å². The lowest BCUT2D eigenvalue weighted by molar-refractivity contribution is 0.481. The number of pyridine rings is 2. The first-order chi connectivity index (χ1) is 16.9. The molecule has 2 heterocycles. The van der Waals surface area contributed by atoms with Crippen LogP contribution in [0.1, 0.15) is 11.4 Å². The van der Waals surface area contributed by atoms with Crippen molar-refractivity contribution in [1.82, 2.24) is 9.97 Å². The largest absolute Gasteiger partial charge is 0.294 e. The van der Waals surface area contributed by atoms with E-state index < -0.39 is 20.2 Å². The molecule has 8 nitrogen and oxygen atoms in total. The Labute approximate surface area is 207 Å². The molecule has 36 heavy (non-hydrogen) atoms. The Morgan fingerprint density at radius 2 is 0.889 bits per heavy atom. The molecule has 0 spiro atoms. The van der Waals surface area contributed by atoms with Gasteiger partial charge in [0.2, 0.25) is 0 Å². The molecular weight excluding hydrogens is 500 g/mol. The Morgan fingerprint density at radius 3 is 1.19 bits per heavy atom. The van der Waals surface area contributed by atoms with Crippen molar-refractivity contribution in [3.05, 3.63) is 84.2 Å². The van der Waals surface area contributed by atoms with E-state index in [-0.39, 0.29) is 9.79 Å². The molecule has 0 aliphatic rings. The van der Waals surface area contributed by atoms with E-state index in [1.165, 1.54) is 24.3 Å². The molecule has 3 aromatic carbocycles. The Bertz CT molecular complexity index is 1740. The number of hydrogen-bond donors (Lipinski definition) is 2. The van der Waals surface area contributed by atoms with E-state index in [0.29, 0.717) is 11.0 Å². The van der Waals surface area contributed by atoms with Gasteiger partial charge in [-0.3, -0.25) is 19.1 Å². The fourth-order valence-electron chi connectivity index (χ4n) is 4.32. The van der Waals surface area contributed by atoms with Crippen molar-refractivity contribution in [2.45, 2.75) is 23.6 Å².